The molecule has 8 nitrogen and oxygen atoms in total. The molecular formula is C17H18N2O6S. The van der Waals surface area contributed by atoms with E-state index in [1.54, 1.807) is 32.0 Å². The average Bonchev–Trinajstić information content (AvgIpc) is 2.82. The number of carbonyl (C=O) groups is 4. The molecule has 0 unspecified atom stereocenters. The second kappa shape index (κ2) is 6.31. The monoisotopic (exact) mass is 378 g/mol. The smallest absolute Gasteiger partial charge is 0.327 e. The molecule has 3 N–H and O–H groups in total. The van der Waals surface area contributed by atoms with Crippen LogP contribution in [0.4, 0.5) is 0 Å². The second-order valence-electron chi connectivity index (χ2n) is 6.77. The number of aliphatic carboxylic acids is 2. The zero-order chi connectivity index (χ0) is 19.2. The summed E-state index contributed by atoms with van der Waals surface area (Å²) in [7, 11) is 0. The summed E-state index contributed by atoms with van der Waals surface area (Å²) in [6.07, 6.45) is 0. The van der Waals surface area contributed by atoms with Crippen molar-refractivity contribution in [3.63, 3.8) is 0 Å². The highest BCUT2D eigenvalue weighted by atomic mass is 32.2. The van der Waals surface area contributed by atoms with Crippen LogP contribution in [0, 0.1) is 0 Å². The number of benzene rings is 1. The minimum atomic E-state index is -1.44. The van der Waals surface area contributed by atoms with E-state index in [2.05, 4.69) is 5.32 Å². The number of hydrogen-bond acceptors (Lipinski definition) is 5. The molecule has 2 fully saturated rings. The third-order valence-corrected chi connectivity index (χ3v) is 6.19. The lowest BCUT2D eigenvalue weighted by Gasteiger charge is -2.43. The highest BCUT2D eigenvalue weighted by molar-refractivity contribution is 8.01. The maximum Gasteiger partial charge on any atom is 0.327 e. The number of nitrogens with zero attached hydrogens (tertiary/aromatic N) is 1. The molecule has 0 radical (unpaired) electrons. The lowest BCUT2D eigenvalue weighted by Crippen LogP contribution is -2.71. The summed E-state index contributed by atoms with van der Waals surface area (Å²) in [6.45, 7) is 3.45. The molecule has 2 aliphatic heterocycles. The van der Waals surface area contributed by atoms with E-state index in [9.17, 15) is 29.4 Å². The third-order valence-electron chi connectivity index (χ3n) is 4.61. The van der Waals surface area contributed by atoms with Crippen molar-refractivity contribution >= 4 is 35.5 Å². The first-order valence-corrected chi connectivity index (χ1v) is 8.84. The van der Waals surface area contributed by atoms with Gasteiger partial charge in [-0.3, -0.25) is 14.4 Å². The molecule has 3 rings (SSSR count). The number of nitrogens with one attached hydrogen (secondary N) is 1. The zero-order valence-corrected chi connectivity index (χ0v) is 14.9. The Kier molecular flexibility index (Phi) is 4.43. The van der Waals surface area contributed by atoms with Gasteiger partial charge in [0.2, 0.25) is 11.8 Å². The van der Waals surface area contributed by atoms with Crippen molar-refractivity contribution < 1.29 is 29.4 Å². The maximum absolute atomic E-state index is 12.5. The van der Waals surface area contributed by atoms with Crippen molar-refractivity contribution in [1.82, 2.24) is 10.2 Å². The fraction of sp³-hybridized carbons (Fsp3) is 0.412. The molecule has 2 amide bonds. The van der Waals surface area contributed by atoms with Crippen molar-refractivity contribution in [2.24, 2.45) is 0 Å². The maximum atomic E-state index is 12.5. The van der Waals surface area contributed by atoms with Gasteiger partial charge in [0, 0.05) is 4.75 Å². The molecule has 2 aliphatic rings. The van der Waals surface area contributed by atoms with E-state index in [0.717, 1.165) is 0 Å². The summed E-state index contributed by atoms with van der Waals surface area (Å²) in [5, 5.41) is 20.8. The van der Waals surface area contributed by atoms with Crippen molar-refractivity contribution in [2.45, 2.75) is 42.0 Å². The van der Waals surface area contributed by atoms with Crippen LogP contribution in [0.1, 0.15) is 25.3 Å². The minimum Gasteiger partial charge on any atom is -0.480 e. The fourth-order valence-corrected chi connectivity index (χ4v) is 5.06. The molecule has 2 heterocycles. The SMILES string of the molecule is CC1(C)S[C@@H]2[C@@H](NC(=O)[C@@H](C(=O)O)c3ccccc3)C(=O)N2[C@@H]1C(=O)O. The van der Waals surface area contributed by atoms with E-state index in [-0.39, 0.29) is 0 Å². The summed E-state index contributed by atoms with van der Waals surface area (Å²) < 4.78 is -0.711. The summed E-state index contributed by atoms with van der Waals surface area (Å²) in [6, 6.07) is 6.10. The molecular weight excluding hydrogens is 360 g/mol. The Hall–Kier alpha value is -2.55. The predicted molar refractivity (Wildman–Crippen MR) is 92.5 cm³/mol. The Bertz CT molecular complexity index is 781. The van der Waals surface area contributed by atoms with E-state index < -0.39 is 51.9 Å². The number of carboxylic acid groups (broad SMARTS) is 2. The Morgan fingerprint density at radius 1 is 1.19 bits per heavy atom. The highest BCUT2D eigenvalue weighted by Gasteiger charge is 2.64. The van der Waals surface area contributed by atoms with Crippen molar-refractivity contribution in [3.8, 4) is 0 Å². The highest BCUT2D eigenvalue weighted by Crippen LogP contribution is 2.50. The predicted octanol–water partition coefficient (Wildman–Crippen LogP) is 0.486. The molecule has 0 spiro atoms. The lowest BCUT2D eigenvalue weighted by atomic mass is 9.94. The van der Waals surface area contributed by atoms with Crippen LogP contribution in [0.25, 0.3) is 0 Å². The van der Waals surface area contributed by atoms with Crippen molar-refractivity contribution in [1.29, 1.82) is 0 Å². The first kappa shape index (κ1) is 18.2. The number of β-lactam (4-membered cyclic amide) rings is 1. The number of carbonyl (C=O) groups excluding carboxylic acids is 2. The molecule has 4 atom stereocenters. The van der Waals surface area contributed by atoms with Gasteiger partial charge in [-0.05, 0) is 19.4 Å². The van der Waals surface area contributed by atoms with Crippen LogP contribution in [0.5, 0.6) is 0 Å². The van der Waals surface area contributed by atoms with E-state index in [4.69, 9.17) is 0 Å². The number of fused-ring (bicyclic) bond motifs is 1. The van der Waals surface area contributed by atoms with Gasteiger partial charge in [-0.1, -0.05) is 30.3 Å². The van der Waals surface area contributed by atoms with E-state index in [1.165, 1.54) is 28.8 Å². The minimum absolute atomic E-state index is 0.309. The summed E-state index contributed by atoms with van der Waals surface area (Å²) in [5.74, 6) is -5.16. The van der Waals surface area contributed by atoms with Gasteiger partial charge >= 0.3 is 11.9 Å². The summed E-state index contributed by atoms with van der Waals surface area (Å²) in [4.78, 5) is 49.2. The Morgan fingerprint density at radius 3 is 2.35 bits per heavy atom. The molecule has 2 saturated heterocycles. The van der Waals surface area contributed by atoms with Gasteiger partial charge < -0.3 is 20.4 Å². The first-order valence-electron chi connectivity index (χ1n) is 7.96. The van der Waals surface area contributed by atoms with Crippen molar-refractivity contribution in [3.05, 3.63) is 35.9 Å². The topological polar surface area (TPSA) is 124 Å². The Balaban J connectivity index is 1.78. The molecule has 1 aromatic rings. The number of carboxylic acids is 2. The summed E-state index contributed by atoms with van der Waals surface area (Å²) >= 11 is 1.29. The molecule has 0 bridgehead atoms. The van der Waals surface area contributed by atoms with E-state index in [1.807, 2.05) is 0 Å². The molecule has 26 heavy (non-hydrogen) atoms. The van der Waals surface area contributed by atoms with Crippen LogP contribution in [0.2, 0.25) is 0 Å². The Labute approximate surface area is 153 Å². The van der Waals surface area contributed by atoms with Crippen LogP contribution >= 0.6 is 11.8 Å². The normalized spacial score (nSPS) is 27.2. The average molecular weight is 378 g/mol. The van der Waals surface area contributed by atoms with Gasteiger partial charge in [-0.2, -0.15) is 0 Å². The molecule has 138 valence electrons. The van der Waals surface area contributed by atoms with Gasteiger partial charge in [0.1, 0.15) is 17.5 Å². The zero-order valence-electron chi connectivity index (χ0n) is 14.1. The van der Waals surface area contributed by atoms with Crippen LogP contribution in [0.3, 0.4) is 0 Å². The first-order chi connectivity index (χ1) is 12.1. The van der Waals surface area contributed by atoms with Crippen molar-refractivity contribution in [2.75, 3.05) is 0 Å². The van der Waals surface area contributed by atoms with E-state index in [0.29, 0.717) is 5.56 Å². The van der Waals surface area contributed by atoms with Gasteiger partial charge in [-0.25, -0.2) is 4.79 Å². The standard InChI is InChI=1S/C17H18N2O6S/c1-17(2)11(16(24)25)19-13(21)10(14(19)26-17)18-12(20)9(15(22)23)8-6-4-3-5-7-8/h3-7,9-11,14H,1-2H3,(H,18,20)(H,22,23)(H,24,25)/t9-,10-,11+,14+/m0/s1. The van der Waals surface area contributed by atoms with Gasteiger partial charge in [0.25, 0.3) is 0 Å². The number of thioether (sulfide) groups is 1. The third kappa shape index (κ3) is 2.82. The van der Waals surface area contributed by atoms with E-state index >= 15 is 0 Å². The molecule has 0 aromatic heterocycles. The molecule has 1 aromatic carbocycles. The van der Waals surface area contributed by atoms with Gasteiger partial charge in [0.05, 0.1) is 0 Å². The number of hydrogen-bond donors (Lipinski definition) is 3. The Morgan fingerprint density at radius 2 is 1.81 bits per heavy atom. The van der Waals surface area contributed by atoms with Crippen LogP contribution in [0.15, 0.2) is 30.3 Å². The quantitative estimate of drug-likeness (QED) is 0.503. The molecule has 9 heteroatoms. The number of amides is 2. The molecule has 0 aliphatic carbocycles. The van der Waals surface area contributed by atoms with Crippen LogP contribution in [-0.4, -0.2) is 61.1 Å². The van der Waals surface area contributed by atoms with Crippen LogP contribution < -0.4 is 5.32 Å². The van der Waals surface area contributed by atoms with Gasteiger partial charge in [-0.15, -0.1) is 11.8 Å². The van der Waals surface area contributed by atoms with Crippen LogP contribution in [-0.2, 0) is 19.2 Å². The summed E-state index contributed by atoms with van der Waals surface area (Å²) in [5.41, 5.74) is 0.309. The fourth-order valence-electron chi connectivity index (χ4n) is 3.43. The largest absolute Gasteiger partial charge is 0.480 e. The molecule has 0 saturated carbocycles. The van der Waals surface area contributed by atoms with Gasteiger partial charge in [0.15, 0.2) is 5.92 Å². The second-order valence-corrected chi connectivity index (χ2v) is 8.54. The number of rotatable bonds is 5. The lowest BCUT2D eigenvalue weighted by molar-refractivity contribution is -0.161.